The minimum absolute atomic E-state index is 0.146. The molecule has 9 heteroatoms. The highest BCUT2D eigenvalue weighted by molar-refractivity contribution is 7.15. The molecule has 0 radical (unpaired) electrons. The zero-order valence-electron chi connectivity index (χ0n) is 19.2. The number of benzene rings is 2. The van der Waals surface area contributed by atoms with Crippen LogP contribution in [0.1, 0.15) is 43.4 Å². The van der Waals surface area contributed by atoms with E-state index in [0.717, 1.165) is 39.6 Å². The zero-order chi connectivity index (χ0) is 24.9. The number of aromatic nitrogens is 1. The highest BCUT2D eigenvalue weighted by Crippen LogP contribution is 2.50. The third-order valence-corrected chi connectivity index (χ3v) is 7.75. The number of piperidine rings is 1. The standard InChI is InChI=1S/C26H24F3N3O2S/c1-14-4-3-5-17(10-14)23-22(31-15(2)35-23)25(34)32-13-18-11-20(18)21(32)12-30-24(33)16-6-8-19(9-7-16)26(27,28)29/h3-10,18,20-21H,11-13H2,1-2H3,(H,30,33)/t18-,20?,21-/m1/s1. The second-order valence-corrected chi connectivity index (χ2v) is 10.5. The van der Waals surface area contributed by atoms with Crippen molar-refractivity contribution < 1.29 is 22.8 Å². The minimum Gasteiger partial charge on any atom is -0.350 e. The molecule has 2 amide bonds. The summed E-state index contributed by atoms with van der Waals surface area (Å²) < 4.78 is 38.4. The molecular formula is C26H24F3N3O2S. The van der Waals surface area contributed by atoms with Crippen LogP contribution in [0.25, 0.3) is 10.4 Å². The van der Waals surface area contributed by atoms with E-state index in [-0.39, 0.29) is 24.1 Å². The molecule has 3 atom stereocenters. The Morgan fingerprint density at radius 3 is 2.57 bits per heavy atom. The summed E-state index contributed by atoms with van der Waals surface area (Å²) in [6.45, 7) is 4.75. The number of nitrogens with zero attached hydrogens (tertiary/aromatic N) is 2. The van der Waals surface area contributed by atoms with Gasteiger partial charge in [-0.3, -0.25) is 9.59 Å². The van der Waals surface area contributed by atoms with Gasteiger partial charge in [0.05, 0.1) is 21.5 Å². The molecule has 1 aliphatic heterocycles. The van der Waals surface area contributed by atoms with Gasteiger partial charge in [-0.05, 0) is 61.9 Å². The zero-order valence-corrected chi connectivity index (χ0v) is 20.0. The number of carbonyl (C=O) groups excluding carboxylic acids is 2. The third-order valence-electron chi connectivity index (χ3n) is 6.73. The van der Waals surface area contributed by atoms with Gasteiger partial charge in [0.15, 0.2) is 0 Å². The molecule has 3 aromatic rings. The number of hydrogen-bond acceptors (Lipinski definition) is 4. The smallest absolute Gasteiger partial charge is 0.350 e. The van der Waals surface area contributed by atoms with Crippen LogP contribution in [-0.4, -0.2) is 40.8 Å². The predicted octanol–water partition coefficient (Wildman–Crippen LogP) is 5.34. The van der Waals surface area contributed by atoms with Gasteiger partial charge in [0.2, 0.25) is 0 Å². The van der Waals surface area contributed by atoms with Crippen LogP contribution in [0.4, 0.5) is 13.2 Å². The molecule has 5 nitrogen and oxygen atoms in total. The van der Waals surface area contributed by atoms with Crippen LogP contribution in [0, 0.1) is 25.7 Å². The first kappa shape index (κ1) is 23.5. The summed E-state index contributed by atoms with van der Waals surface area (Å²) in [6.07, 6.45) is -3.45. The predicted molar refractivity (Wildman–Crippen MR) is 127 cm³/mol. The Labute approximate surface area is 205 Å². The van der Waals surface area contributed by atoms with Crippen LogP contribution in [0.15, 0.2) is 48.5 Å². The average molecular weight is 500 g/mol. The number of halogens is 3. The summed E-state index contributed by atoms with van der Waals surface area (Å²) in [5.41, 5.74) is 1.83. The molecule has 0 bridgehead atoms. The number of nitrogens with one attached hydrogen (secondary N) is 1. The van der Waals surface area contributed by atoms with Crippen LogP contribution in [0.5, 0.6) is 0 Å². The highest BCUT2D eigenvalue weighted by Gasteiger charge is 2.54. The first-order chi connectivity index (χ1) is 16.6. The Bertz CT molecular complexity index is 1290. The number of amides is 2. The van der Waals surface area contributed by atoms with Crippen molar-refractivity contribution in [3.05, 3.63) is 75.9 Å². The molecular weight excluding hydrogens is 475 g/mol. The van der Waals surface area contributed by atoms with Gasteiger partial charge in [0.25, 0.3) is 11.8 Å². The van der Waals surface area contributed by atoms with Gasteiger partial charge in [-0.2, -0.15) is 13.2 Å². The average Bonchev–Trinajstić information content (AvgIpc) is 3.33. The minimum atomic E-state index is -4.45. The summed E-state index contributed by atoms with van der Waals surface area (Å²) in [6, 6.07) is 11.9. The Balaban J connectivity index is 1.31. The van der Waals surface area contributed by atoms with Gasteiger partial charge in [-0.15, -0.1) is 11.3 Å². The molecule has 2 aromatic carbocycles. The normalized spacial score (nSPS) is 21.1. The van der Waals surface area contributed by atoms with E-state index in [1.807, 2.05) is 38.1 Å². The van der Waals surface area contributed by atoms with Crippen LogP contribution >= 0.6 is 11.3 Å². The molecule has 1 unspecified atom stereocenters. The Kier molecular flexibility index (Phi) is 5.91. The van der Waals surface area contributed by atoms with Crippen molar-refractivity contribution in [3.63, 3.8) is 0 Å². The largest absolute Gasteiger partial charge is 0.416 e. The summed E-state index contributed by atoms with van der Waals surface area (Å²) in [5, 5.41) is 3.63. The number of likely N-dealkylation sites (tertiary alicyclic amines) is 1. The van der Waals surface area contributed by atoms with Crippen molar-refractivity contribution >= 4 is 23.2 Å². The Morgan fingerprint density at radius 2 is 1.89 bits per heavy atom. The van der Waals surface area contributed by atoms with Crippen molar-refractivity contribution in [1.82, 2.24) is 15.2 Å². The fraction of sp³-hybridized carbons (Fsp3) is 0.346. The van der Waals surface area contributed by atoms with E-state index in [2.05, 4.69) is 10.3 Å². The fourth-order valence-corrected chi connectivity index (χ4v) is 5.77. The van der Waals surface area contributed by atoms with Crippen molar-refractivity contribution in [2.75, 3.05) is 13.1 Å². The fourth-order valence-electron chi connectivity index (χ4n) is 4.87. The highest BCUT2D eigenvalue weighted by atomic mass is 32.1. The lowest BCUT2D eigenvalue weighted by molar-refractivity contribution is -0.137. The molecule has 1 N–H and O–H groups in total. The van der Waals surface area contributed by atoms with E-state index < -0.39 is 17.6 Å². The molecule has 2 fully saturated rings. The van der Waals surface area contributed by atoms with Crippen LogP contribution in [0.3, 0.4) is 0 Å². The van der Waals surface area contributed by atoms with Crippen LogP contribution < -0.4 is 5.32 Å². The maximum absolute atomic E-state index is 13.6. The van der Waals surface area contributed by atoms with Gasteiger partial charge in [0, 0.05) is 18.7 Å². The van der Waals surface area contributed by atoms with Crippen molar-refractivity contribution in [1.29, 1.82) is 0 Å². The summed E-state index contributed by atoms with van der Waals surface area (Å²) in [7, 11) is 0. The number of thiazole rings is 1. The molecule has 5 rings (SSSR count). The molecule has 35 heavy (non-hydrogen) atoms. The number of carbonyl (C=O) groups is 2. The van der Waals surface area contributed by atoms with Gasteiger partial charge < -0.3 is 10.2 Å². The molecule has 0 spiro atoms. The molecule has 2 aliphatic rings. The van der Waals surface area contributed by atoms with Gasteiger partial charge in [0.1, 0.15) is 5.69 Å². The molecule has 2 heterocycles. The number of hydrogen-bond donors (Lipinski definition) is 1. The van der Waals surface area contributed by atoms with E-state index in [1.165, 1.54) is 23.5 Å². The lowest BCUT2D eigenvalue weighted by atomic mass is 10.1. The van der Waals surface area contributed by atoms with E-state index in [4.69, 9.17) is 0 Å². The lowest BCUT2D eigenvalue weighted by Crippen LogP contribution is -2.45. The van der Waals surface area contributed by atoms with Crippen molar-refractivity contribution in [2.24, 2.45) is 11.8 Å². The molecule has 1 saturated heterocycles. The number of alkyl halides is 3. The third kappa shape index (κ3) is 4.69. The number of fused-ring (bicyclic) bond motifs is 1. The van der Waals surface area contributed by atoms with Gasteiger partial charge in [-0.25, -0.2) is 4.98 Å². The van der Waals surface area contributed by atoms with Gasteiger partial charge in [-0.1, -0.05) is 29.8 Å². The quantitative estimate of drug-likeness (QED) is 0.516. The summed E-state index contributed by atoms with van der Waals surface area (Å²) in [4.78, 5) is 33.4. The molecule has 182 valence electrons. The van der Waals surface area contributed by atoms with Crippen LogP contribution in [0.2, 0.25) is 0 Å². The molecule has 1 aromatic heterocycles. The number of aryl methyl sites for hydroxylation is 2. The Morgan fingerprint density at radius 1 is 1.14 bits per heavy atom. The second-order valence-electron chi connectivity index (χ2n) is 9.25. The van der Waals surface area contributed by atoms with Crippen molar-refractivity contribution in [3.8, 4) is 10.4 Å². The van der Waals surface area contributed by atoms with Crippen LogP contribution in [-0.2, 0) is 6.18 Å². The molecule has 1 saturated carbocycles. The molecule has 1 aliphatic carbocycles. The SMILES string of the molecule is Cc1cccc(-c2sc(C)nc2C(=O)N2C[C@H]3CC3[C@H]2CNC(=O)c2ccc(C(F)(F)F)cc2)c1. The Hall–Kier alpha value is -3.20. The lowest BCUT2D eigenvalue weighted by Gasteiger charge is -2.27. The van der Waals surface area contributed by atoms with E-state index in [0.29, 0.717) is 24.1 Å². The van der Waals surface area contributed by atoms with E-state index in [9.17, 15) is 22.8 Å². The summed E-state index contributed by atoms with van der Waals surface area (Å²) >= 11 is 1.49. The maximum atomic E-state index is 13.6. The van der Waals surface area contributed by atoms with Gasteiger partial charge >= 0.3 is 6.18 Å². The number of rotatable bonds is 5. The van der Waals surface area contributed by atoms with E-state index >= 15 is 0 Å². The monoisotopic (exact) mass is 499 g/mol. The van der Waals surface area contributed by atoms with E-state index in [1.54, 1.807) is 4.90 Å². The van der Waals surface area contributed by atoms with Crippen molar-refractivity contribution in [2.45, 2.75) is 32.5 Å². The summed E-state index contributed by atoms with van der Waals surface area (Å²) in [5.74, 6) is 0.120. The second kappa shape index (κ2) is 8.78. The first-order valence-electron chi connectivity index (χ1n) is 11.4. The topological polar surface area (TPSA) is 62.3 Å². The first-order valence-corrected chi connectivity index (χ1v) is 12.2. The maximum Gasteiger partial charge on any atom is 0.416 e.